The summed E-state index contributed by atoms with van der Waals surface area (Å²) in [5.41, 5.74) is 0. The van der Waals surface area contributed by atoms with Crippen LogP contribution in [0.4, 0.5) is 0 Å². The second-order valence-electron chi connectivity index (χ2n) is 2.86. The zero-order valence-corrected chi connectivity index (χ0v) is 8.85. The molecule has 0 saturated heterocycles. The van der Waals surface area contributed by atoms with Crippen molar-refractivity contribution in [2.24, 2.45) is 0 Å². The number of methoxy groups -OCH3 is 2. The fourth-order valence-electron chi connectivity index (χ4n) is 0.778. The van der Waals surface area contributed by atoms with Crippen LogP contribution in [0.2, 0.25) is 0 Å². The molecule has 15 heavy (non-hydrogen) atoms. The molecule has 6 nitrogen and oxygen atoms in total. The number of carbonyl (C=O) groups excluding carboxylic acids is 1. The summed E-state index contributed by atoms with van der Waals surface area (Å²) in [5.74, 6) is -3.24. The van der Waals surface area contributed by atoms with Crippen molar-refractivity contribution in [1.82, 2.24) is 0 Å². The van der Waals surface area contributed by atoms with Gasteiger partial charge in [0, 0.05) is 33.3 Å². The summed E-state index contributed by atoms with van der Waals surface area (Å²) in [6, 6.07) is 0. The molecule has 1 atom stereocenters. The van der Waals surface area contributed by atoms with Crippen molar-refractivity contribution >= 4 is 11.9 Å². The minimum Gasteiger partial charge on any atom is -0.478 e. The molecule has 0 heterocycles. The molecule has 1 N–H and O–H groups in total. The first-order valence-corrected chi connectivity index (χ1v) is 4.11. The van der Waals surface area contributed by atoms with Gasteiger partial charge in [-0.25, -0.2) is 9.59 Å². The molecule has 0 aliphatic carbocycles. The van der Waals surface area contributed by atoms with Gasteiger partial charge in [0.25, 0.3) is 0 Å². The highest BCUT2D eigenvalue weighted by Gasteiger charge is 2.27. The second kappa shape index (κ2) is 6.15. The van der Waals surface area contributed by atoms with Crippen LogP contribution in [0.3, 0.4) is 0 Å². The maximum atomic E-state index is 11.1. The molecule has 0 aliphatic heterocycles. The molecule has 0 bridgehead atoms. The van der Waals surface area contributed by atoms with Crippen molar-refractivity contribution in [2.75, 3.05) is 20.8 Å². The van der Waals surface area contributed by atoms with Crippen LogP contribution in [0.5, 0.6) is 0 Å². The summed E-state index contributed by atoms with van der Waals surface area (Å²) in [5, 5.41) is 8.27. The van der Waals surface area contributed by atoms with Crippen LogP contribution in [0.25, 0.3) is 0 Å². The lowest BCUT2D eigenvalue weighted by Gasteiger charge is -2.26. The Morgan fingerprint density at radius 1 is 1.33 bits per heavy atom. The summed E-state index contributed by atoms with van der Waals surface area (Å²) >= 11 is 0. The second-order valence-corrected chi connectivity index (χ2v) is 2.86. The van der Waals surface area contributed by atoms with Crippen LogP contribution in [0.15, 0.2) is 12.2 Å². The molecule has 0 aromatic heterocycles. The molecular weight excluding hydrogens is 204 g/mol. The largest absolute Gasteiger partial charge is 0.478 e. The van der Waals surface area contributed by atoms with E-state index in [0.29, 0.717) is 6.08 Å². The molecule has 1 unspecified atom stereocenters. The molecule has 86 valence electrons. The van der Waals surface area contributed by atoms with E-state index in [1.165, 1.54) is 21.1 Å². The third kappa shape index (κ3) is 5.82. The van der Waals surface area contributed by atoms with Crippen molar-refractivity contribution in [3.8, 4) is 0 Å². The van der Waals surface area contributed by atoms with E-state index in [0.717, 1.165) is 6.08 Å². The predicted molar refractivity (Wildman–Crippen MR) is 50.2 cm³/mol. The number of hydrogen-bond donors (Lipinski definition) is 1. The third-order valence-corrected chi connectivity index (χ3v) is 1.52. The van der Waals surface area contributed by atoms with Crippen LogP contribution in [0.1, 0.15) is 6.92 Å². The lowest BCUT2D eigenvalue weighted by molar-refractivity contribution is -0.225. The molecule has 0 saturated carbocycles. The van der Waals surface area contributed by atoms with Gasteiger partial charge in [0.15, 0.2) is 0 Å². The van der Waals surface area contributed by atoms with E-state index in [-0.39, 0.29) is 6.61 Å². The summed E-state index contributed by atoms with van der Waals surface area (Å²) < 4.78 is 14.5. The van der Waals surface area contributed by atoms with Gasteiger partial charge < -0.3 is 19.3 Å². The fourth-order valence-corrected chi connectivity index (χ4v) is 0.778. The number of ether oxygens (including phenoxy) is 3. The monoisotopic (exact) mass is 218 g/mol. The van der Waals surface area contributed by atoms with E-state index in [1.54, 1.807) is 0 Å². The average Bonchev–Trinajstić information content (AvgIpc) is 2.15. The van der Waals surface area contributed by atoms with Crippen LogP contribution in [-0.4, -0.2) is 43.7 Å². The predicted octanol–water partition coefficient (Wildman–Crippen LogP) is 0.179. The number of carboxylic acid groups (broad SMARTS) is 1. The van der Waals surface area contributed by atoms with Crippen molar-refractivity contribution < 1.29 is 28.9 Å². The number of carboxylic acids is 1. The normalized spacial score (nSPS) is 14.9. The lowest BCUT2D eigenvalue weighted by Crippen LogP contribution is -2.38. The number of aliphatic carboxylic acids is 1. The molecular formula is C9H14O6. The van der Waals surface area contributed by atoms with E-state index in [4.69, 9.17) is 19.3 Å². The first-order valence-electron chi connectivity index (χ1n) is 4.11. The van der Waals surface area contributed by atoms with Gasteiger partial charge in [-0.3, -0.25) is 0 Å². The topological polar surface area (TPSA) is 82.1 Å². The Balaban J connectivity index is 4.30. The smallest absolute Gasteiger partial charge is 0.333 e. The number of carbonyl (C=O) groups is 2. The van der Waals surface area contributed by atoms with Gasteiger partial charge >= 0.3 is 11.9 Å². The van der Waals surface area contributed by atoms with E-state index in [2.05, 4.69) is 0 Å². The van der Waals surface area contributed by atoms with Crippen LogP contribution in [0, 0.1) is 0 Å². The minimum atomic E-state index is -1.22. The fraction of sp³-hybridized carbons (Fsp3) is 0.556. The SMILES string of the molecule is COCC(C)(OC)OC(=O)/C=C\C(=O)O. The van der Waals surface area contributed by atoms with Gasteiger partial charge in [0.1, 0.15) is 6.61 Å². The van der Waals surface area contributed by atoms with Crippen molar-refractivity contribution in [3.63, 3.8) is 0 Å². The summed E-state index contributed by atoms with van der Waals surface area (Å²) in [6.07, 6.45) is 1.49. The molecule has 0 aromatic carbocycles. The zero-order chi connectivity index (χ0) is 11.9. The Hall–Kier alpha value is -1.40. The van der Waals surface area contributed by atoms with Gasteiger partial charge in [-0.2, -0.15) is 0 Å². The van der Waals surface area contributed by atoms with Gasteiger partial charge in [-0.05, 0) is 0 Å². The van der Waals surface area contributed by atoms with E-state index >= 15 is 0 Å². The summed E-state index contributed by atoms with van der Waals surface area (Å²) in [7, 11) is 2.78. The quantitative estimate of drug-likeness (QED) is 0.389. The first-order chi connectivity index (χ1) is 6.93. The van der Waals surface area contributed by atoms with Gasteiger partial charge in [-0.1, -0.05) is 0 Å². The molecule has 0 aromatic rings. The van der Waals surface area contributed by atoms with Crippen molar-refractivity contribution in [1.29, 1.82) is 0 Å². The molecule has 0 rings (SSSR count). The van der Waals surface area contributed by atoms with E-state index in [1.807, 2.05) is 0 Å². The number of rotatable bonds is 6. The standard InChI is InChI=1S/C9H14O6/c1-9(14-3,6-13-2)15-8(12)5-4-7(10)11/h4-5H,6H2,1-3H3,(H,10,11)/b5-4-. The van der Waals surface area contributed by atoms with Crippen molar-refractivity contribution in [3.05, 3.63) is 12.2 Å². The Kier molecular flexibility index (Phi) is 5.58. The van der Waals surface area contributed by atoms with Crippen molar-refractivity contribution in [2.45, 2.75) is 12.7 Å². The Morgan fingerprint density at radius 2 is 1.93 bits per heavy atom. The van der Waals surface area contributed by atoms with E-state index in [9.17, 15) is 9.59 Å². The van der Waals surface area contributed by atoms with E-state index < -0.39 is 17.7 Å². The first kappa shape index (κ1) is 13.6. The number of esters is 1. The van der Waals surface area contributed by atoms with Gasteiger partial charge in [-0.15, -0.1) is 0 Å². The summed E-state index contributed by atoms with van der Waals surface area (Å²) in [4.78, 5) is 21.2. The number of hydrogen-bond acceptors (Lipinski definition) is 5. The zero-order valence-electron chi connectivity index (χ0n) is 8.85. The highest BCUT2D eigenvalue weighted by Crippen LogP contribution is 2.11. The molecule has 0 amide bonds. The lowest BCUT2D eigenvalue weighted by atomic mass is 10.3. The average molecular weight is 218 g/mol. The van der Waals surface area contributed by atoms with Crippen LogP contribution < -0.4 is 0 Å². The highest BCUT2D eigenvalue weighted by atomic mass is 16.7. The Labute approximate surface area is 87.4 Å². The maximum absolute atomic E-state index is 11.1. The summed E-state index contributed by atoms with van der Waals surface area (Å²) in [6.45, 7) is 1.55. The molecule has 0 fully saturated rings. The Morgan fingerprint density at radius 3 is 2.33 bits per heavy atom. The maximum Gasteiger partial charge on any atom is 0.333 e. The van der Waals surface area contributed by atoms with Gasteiger partial charge in [0.05, 0.1) is 0 Å². The molecule has 0 radical (unpaired) electrons. The third-order valence-electron chi connectivity index (χ3n) is 1.52. The highest BCUT2D eigenvalue weighted by molar-refractivity contribution is 5.90. The molecule has 0 aliphatic rings. The van der Waals surface area contributed by atoms with Gasteiger partial charge in [0.2, 0.25) is 5.79 Å². The molecule has 0 spiro atoms. The van der Waals surface area contributed by atoms with Crippen LogP contribution in [-0.2, 0) is 23.8 Å². The minimum absolute atomic E-state index is 0.0517. The molecule has 6 heteroatoms. The Bertz CT molecular complexity index is 259. The van der Waals surface area contributed by atoms with Crippen LogP contribution >= 0.6 is 0 Å².